The first-order valence-corrected chi connectivity index (χ1v) is 9.94. The normalized spacial score (nSPS) is 17.9. The van der Waals surface area contributed by atoms with Crippen LogP contribution >= 0.6 is 0 Å². The number of sulfonamides is 1. The molecule has 7 nitrogen and oxygen atoms in total. The standard InChI is InChI=1S/C16H22N2O5S/c1-24(20,21)18(13-5-3-2-4-6-13)10-16(19)17-12-7-8-14-15(9-12)23-11-22-14/h7-9,13H,2-6,10-11H2,1H3,(H,17,19). The molecule has 0 spiro atoms. The number of hydrogen-bond donors (Lipinski definition) is 1. The molecule has 2 aliphatic rings. The van der Waals surface area contributed by atoms with Crippen LogP contribution in [0.15, 0.2) is 18.2 Å². The summed E-state index contributed by atoms with van der Waals surface area (Å²) in [5.74, 6) is 0.845. The maximum atomic E-state index is 12.3. The molecule has 132 valence electrons. The first-order chi connectivity index (χ1) is 11.4. The van der Waals surface area contributed by atoms with E-state index in [0.29, 0.717) is 17.2 Å². The molecule has 0 bridgehead atoms. The molecular formula is C16H22N2O5S. The van der Waals surface area contributed by atoms with E-state index in [2.05, 4.69) is 5.32 Å². The minimum atomic E-state index is -3.43. The Morgan fingerprint density at radius 1 is 1.21 bits per heavy atom. The van der Waals surface area contributed by atoms with E-state index in [0.717, 1.165) is 38.4 Å². The molecule has 1 amide bonds. The van der Waals surface area contributed by atoms with Crippen molar-refractivity contribution in [2.45, 2.75) is 38.1 Å². The Bertz CT molecular complexity index is 713. The fourth-order valence-electron chi connectivity index (χ4n) is 3.20. The van der Waals surface area contributed by atoms with Crippen molar-refractivity contribution in [3.05, 3.63) is 18.2 Å². The van der Waals surface area contributed by atoms with E-state index in [1.807, 2.05) is 0 Å². The second-order valence-electron chi connectivity index (χ2n) is 6.22. The van der Waals surface area contributed by atoms with E-state index >= 15 is 0 Å². The van der Waals surface area contributed by atoms with Gasteiger partial charge in [-0.15, -0.1) is 0 Å². The van der Waals surface area contributed by atoms with Crippen molar-refractivity contribution in [1.82, 2.24) is 4.31 Å². The molecule has 0 radical (unpaired) electrons. The molecule has 1 heterocycles. The van der Waals surface area contributed by atoms with Crippen molar-refractivity contribution in [3.63, 3.8) is 0 Å². The summed E-state index contributed by atoms with van der Waals surface area (Å²) in [5.41, 5.74) is 0.557. The van der Waals surface area contributed by atoms with Gasteiger partial charge in [0.25, 0.3) is 0 Å². The second kappa shape index (κ2) is 6.98. The summed E-state index contributed by atoms with van der Waals surface area (Å²) >= 11 is 0. The summed E-state index contributed by atoms with van der Waals surface area (Å²) in [6.07, 6.45) is 5.91. The van der Waals surface area contributed by atoms with Gasteiger partial charge in [-0.3, -0.25) is 4.79 Å². The van der Waals surface area contributed by atoms with Crippen molar-refractivity contribution >= 4 is 21.6 Å². The molecule has 0 unspecified atom stereocenters. The van der Waals surface area contributed by atoms with Gasteiger partial charge in [0.2, 0.25) is 22.7 Å². The van der Waals surface area contributed by atoms with Crippen molar-refractivity contribution in [1.29, 1.82) is 0 Å². The first kappa shape index (κ1) is 17.0. The fourth-order valence-corrected chi connectivity index (χ4v) is 4.31. The number of rotatable bonds is 5. The highest BCUT2D eigenvalue weighted by Gasteiger charge is 2.30. The summed E-state index contributed by atoms with van der Waals surface area (Å²) < 4.78 is 36.0. The molecule has 3 rings (SSSR count). The van der Waals surface area contributed by atoms with Gasteiger partial charge in [-0.05, 0) is 25.0 Å². The van der Waals surface area contributed by atoms with Crippen LogP contribution in [0.3, 0.4) is 0 Å². The number of nitrogens with zero attached hydrogens (tertiary/aromatic N) is 1. The van der Waals surface area contributed by atoms with Gasteiger partial charge in [0.05, 0.1) is 12.8 Å². The van der Waals surface area contributed by atoms with Crippen LogP contribution in [0.25, 0.3) is 0 Å². The summed E-state index contributed by atoms with van der Waals surface area (Å²) in [6.45, 7) is -0.00574. The highest BCUT2D eigenvalue weighted by molar-refractivity contribution is 7.88. The van der Waals surface area contributed by atoms with E-state index in [9.17, 15) is 13.2 Å². The molecule has 1 N–H and O–H groups in total. The number of benzene rings is 1. The molecule has 1 saturated carbocycles. The summed E-state index contributed by atoms with van der Waals surface area (Å²) in [4.78, 5) is 12.3. The number of hydrogen-bond acceptors (Lipinski definition) is 5. The third-order valence-corrected chi connectivity index (χ3v) is 5.64. The Morgan fingerprint density at radius 2 is 1.92 bits per heavy atom. The SMILES string of the molecule is CS(=O)(=O)N(CC(=O)Nc1ccc2c(c1)OCO2)C1CCCCC1. The molecule has 0 aromatic heterocycles. The van der Waals surface area contributed by atoms with E-state index in [-0.39, 0.29) is 25.3 Å². The first-order valence-electron chi connectivity index (χ1n) is 8.10. The van der Waals surface area contributed by atoms with Gasteiger partial charge in [-0.25, -0.2) is 8.42 Å². The predicted octanol–water partition coefficient (Wildman–Crippen LogP) is 1.95. The topological polar surface area (TPSA) is 84.9 Å². The van der Waals surface area contributed by atoms with Gasteiger partial charge in [0.1, 0.15) is 0 Å². The molecule has 0 saturated heterocycles. The third kappa shape index (κ3) is 3.99. The minimum absolute atomic E-state index is 0.0868. The van der Waals surface area contributed by atoms with Crippen LogP contribution in [-0.2, 0) is 14.8 Å². The summed E-state index contributed by atoms with van der Waals surface area (Å²) in [7, 11) is -3.43. The molecule has 1 aromatic carbocycles. The van der Waals surface area contributed by atoms with Gasteiger partial charge in [0, 0.05) is 17.8 Å². The highest BCUT2D eigenvalue weighted by atomic mass is 32.2. The number of ether oxygens (including phenoxy) is 2. The van der Waals surface area contributed by atoms with Crippen molar-refractivity contribution in [3.8, 4) is 11.5 Å². The smallest absolute Gasteiger partial charge is 0.239 e. The molecule has 0 atom stereocenters. The zero-order valence-electron chi connectivity index (χ0n) is 13.7. The molecule has 1 fully saturated rings. The lowest BCUT2D eigenvalue weighted by Gasteiger charge is -2.31. The number of fused-ring (bicyclic) bond motifs is 1. The van der Waals surface area contributed by atoms with Gasteiger partial charge in [-0.1, -0.05) is 19.3 Å². The third-order valence-electron chi connectivity index (χ3n) is 4.36. The summed E-state index contributed by atoms with van der Waals surface area (Å²) in [5, 5.41) is 2.73. The number of carbonyl (C=O) groups excluding carboxylic acids is 1. The van der Waals surface area contributed by atoms with Crippen molar-refractivity contribution in [2.24, 2.45) is 0 Å². The van der Waals surface area contributed by atoms with E-state index in [1.165, 1.54) is 4.31 Å². The zero-order chi connectivity index (χ0) is 17.2. The lowest BCUT2D eigenvalue weighted by atomic mass is 9.95. The van der Waals surface area contributed by atoms with Gasteiger partial charge in [-0.2, -0.15) is 4.31 Å². The average molecular weight is 354 g/mol. The van der Waals surface area contributed by atoms with Crippen LogP contribution in [0.1, 0.15) is 32.1 Å². The van der Waals surface area contributed by atoms with Crippen LogP contribution in [0.4, 0.5) is 5.69 Å². The van der Waals surface area contributed by atoms with E-state index in [1.54, 1.807) is 18.2 Å². The molecule has 24 heavy (non-hydrogen) atoms. The van der Waals surface area contributed by atoms with E-state index in [4.69, 9.17) is 9.47 Å². The number of anilines is 1. The molecule has 8 heteroatoms. The lowest BCUT2D eigenvalue weighted by molar-refractivity contribution is -0.116. The van der Waals surface area contributed by atoms with Gasteiger partial charge < -0.3 is 14.8 Å². The van der Waals surface area contributed by atoms with Gasteiger partial charge >= 0.3 is 0 Å². The predicted molar refractivity (Wildman–Crippen MR) is 89.6 cm³/mol. The number of nitrogens with one attached hydrogen (secondary N) is 1. The van der Waals surface area contributed by atoms with Crippen LogP contribution in [0.5, 0.6) is 11.5 Å². The van der Waals surface area contributed by atoms with Crippen LogP contribution in [0, 0.1) is 0 Å². The van der Waals surface area contributed by atoms with Crippen molar-refractivity contribution in [2.75, 3.05) is 24.9 Å². The Morgan fingerprint density at radius 3 is 2.62 bits per heavy atom. The number of carbonyl (C=O) groups is 1. The lowest BCUT2D eigenvalue weighted by Crippen LogP contribution is -2.45. The molecule has 1 aromatic rings. The highest BCUT2D eigenvalue weighted by Crippen LogP contribution is 2.34. The Balaban J connectivity index is 1.67. The Labute approximate surface area is 142 Å². The quantitative estimate of drug-likeness (QED) is 0.873. The van der Waals surface area contributed by atoms with Crippen LogP contribution in [0.2, 0.25) is 0 Å². The average Bonchev–Trinajstić information content (AvgIpc) is 3.00. The molecular weight excluding hydrogens is 332 g/mol. The summed E-state index contributed by atoms with van der Waals surface area (Å²) in [6, 6.07) is 5.01. The number of amides is 1. The maximum Gasteiger partial charge on any atom is 0.239 e. The van der Waals surface area contributed by atoms with Crippen LogP contribution in [-0.4, -0.2) is 44.3 Å². The minimum Gasteiger partial charge on any atom is -0.454 e. The fraction of sp³-hybridized carbons (Fsp3) is 0.562. The van der Waals surface area contributed by atoms with Crippen molar-refractivity contribution < 1.29 is 22.7 Å². The Kier molecular flexibility index (Phi) is 4.96. The molecule has 1 aliphatic carbocycles. The monoisotopic (exact) mass is 354 g/mol. The molecule has 1 aliphatic heterocycles. The van der Waals surface area contributed by atoms with Gasteiger partial charge in [0.15, 0.2) is 11.5 Å². The van der Waals surface area contributed by atoms with E-state index < -0.39 is 10.0 Å². The van der Waals surface area contributed by atoms with Crippen LogP contribution < -0.4 is 14.8 Å². The second-order valence-corrected chi connectivity index (χ2v) is 8.15. The largest absolute Gasteiger partial charge is 0.454 e. The Hall–Kier alpha value is -1.80. The zero-order valence-corrected chi connectivity index (χ0v) is 14.5. The maximum absolute atomic E-state index is 12.3.